The van der Waals surface area contributed by atoms with E-state index >= 15 is 0 Å². The monoisotopic (exact) mass is 368 g/mol. The molecule has 1 aromatic heterocycles. The van der Waals surface area contributed by atoms with Gasteiger partial charge in [0.2, 0.25) is 5.95 Å². The van der Waals surface area contributed by atoms with Crippen LogP contribution in [0.15, 0.2) is 48.5 Å². The summed E-state index contributed by atoms with van der Waals surface area (Å²) >= 11 is 6.20. The summed E-state index contributed by atoms with van der Waals surface area (Å²) in [5, 5.41) is 5.02. The summed E-state index contributed by atoms with van der Waals surface area (Å²) in [5.41, 5.74) is 2.84. The first kappa shape index (κ1) is 17.2. The molecule has 1 fully saturated rings. The van der Waals surface area contributed by atoms with Crippen LogP contribution in [-0.2, 0) is 4.74 Å². The summed E-state index contributed by atoms with van der Waals surface area (Å²) in [6.07, 6.45) is 0. The minimum atomic E-state index is 0.645. The second-order valence-corrected chi connectivity index (χ2v) is 6.74. The Balaban J connectivity index is 1.60. The fourth-order valence-electron chi connectivity index (χ4n) is 3.15. The molecule has 3 aromatic rings. The minimum Gasteiger partial charge on any atom is -0.379 e. The Morgan fingerprint density at radius 1 is 1.04 bits per heavy atom. The average Bonchev–Trinajstić information content (AvgIpc) is 2.69. The predicted octanol–water partition coefficient (Wildman–Crippen LogP) is 3.69. The van der Waals surface area contributed by atoms with Crippen LogP contribution in [0.4, 0.5) is 5.95 Å². The van der Waals surface area contributed by atoms with Gasteiger partial charge in [-0.3, -0.25) is 4.90 Å². The van der Waals surface area contributed by atoms with E-state index in [1.54, 1.807) is 0 Å². The van der Waals surface area contributed by atoms with Crippen LogP contribution in [-0.4, -0.2) is 54.3 Å². The highest BCUT2D eigenvalue weighted by Crippen LogP contribution is 2.29. The highest BCUT2D eigenvalue weighted by atomic mass is 35.5. The molecular formula is C20H21ClN4O. The number of hydrogen-bond donors (Lipinski definition) is 1. The highest BCUT2D eigenvalue weighted by Gasteiger charge is 2.12. The fourth-order valence-corrected chi connectivity index (χ4v) is 3.32. The number of nitrogens with zero attached hydrogens (tertiary/aromatic N) is 3. The maximum absolute atomic E-state index is 6.20. The number of hydrogen-bond acceptors (Lipinski definition) is 5. The van der Waals surface area contributed by atoms with Crippen molar-refractivity contribution >= 4 is 28.5 Å². The van der Waals surface area contributed by atoms with Gasteiger partial charge in [0.25, 0.3) is 0 Å². The first-order valence-corrected chi connectivity index (χ1v) is 9.24. The SMILES string of the molecule is Clc1ccc2nc(NCCN3CCOCC3)nc(-c3ccccc3)c2c1. The number of rotatable bonds is 5. The normalized spacial score (nSPS) is 15.3. The van der Waals surface area contributed by atoms with E-state index < -0.39 is 0 Å². The Labute approximate surface area is 158 Å². The van der Waals surface area contributed by atoms with E-state index in [-0.39, 0.29) is 0 Å². The molecule has 0 spiro atoms. The molecule has 1 aliphatic rings. The van der Waals surface area contributed by atoms with Crippen LogP contribution >= 0.6 is 11.6 Å². The molecule has 1 aliphatic heterocycles. The van der Waals surface area contributed by atoms with Crippen LogP contribution < -0.4 is 5.32 Å². The predicted molar refractivity (Wildman–Crippen MR) is 106 cm³/mol. The Bertz CT molecular complexity index is 882. The highest BCUT2D eigenvalue weighted by molar-refractivity contribution is 6.31. The molecule has 5 nitrogen and oxygen atoms in total. The van der Waals surface area contributed by atoms with Crippen LogP contribution in [0.2, 0.25) is 5.02 Å². The number of aromatic nitrogens is 2. The molecule has 1 N–H and O–H groups in total. The first-order chi connectivity index (χ1) is 12.8. The van der Waals surface area contributed by atoms with E-state index in [9.17, 15) is 0 Å². The van der Waals surface area contributed by atoms with Gasteiger partial charge in [0.1, 0.15) is 0 Å². The van der Waals surface area contributed by atoms with E-state index in [4.69, 9.17) is 21.3 Å². The van der Waals surface area contributed by atoms with Crippen molar-refractivity contribution in [3.63, 3.8) is 0 Å². The molecule has 0 atom stereocenters. The molecule has 1 saturated heterocycles. The van der Waals surface area contributed by atoms with Crippen LogP contribution in [0.3, 0.4) is 0 Å². The zero-order valence-electron chi connectivity index (χ0n) is 14.5. The second-order valence-electron chi connectivity index (χ2n) is 6.30. The topological polar surface area (TPSA) is 50.3 Å². The van der Waals surface area contributed by atoms with Crippen molar-refractivity contribution in [1.82, 2.24) is 14.9 Å². The Kier molecular flexibility index (Phi) is 5.29. The third kappa shape index (κ3) is 3.96. The number of fused-ring (bicyclic) bond motifs is 1. The number of ether oxygens (including phenoxy) is 1. The lowest BCUT2D eigenvalue weighted by atomic mass is 10.1. The summed E-state index contributed by atoms with van der Waals surface area (Å²) in [6.45, 7) is 5.33. The van der Waals surface area contributed by atoms with Crippen molar-refractivity contribution in [2.75, 3.05) is 44.7 Å². The summed E-state index contributed by atoms with van der Waals surface area (Å²) in [5.74, 6) is 0.645. The molecule has 0 bridgehead atoms. The summed E-state index contributed by atoms with van der Waals surface area (Å²) in [6, 6.07) is 15.9. The van der Waals surface area contributed by atoms with Crippen LogP contribution in [0.25, 0.3) is 22.2 Å². The third-order valence-corrected chi connectivity index (χ3v) is 4.75. The maximum atomic E-state index is 6.20. The Morgan fingerprint density at radius 3 is 2.65 bits per heavy atom. The molecule has 0 radical (unpaired) electrons. The molecule has 0 aliphatic carbocycles. The lowest BCUT2D eigenvalue weighted by molar-refractivity contribution is 0.0398. The molecule has 0 saturated carbocycles. The van der Waals surface area contributed by atoms with E-state index in [2.05, 4.69) is 27.3 Å². The van der Waals surface area contributed by atoms with E-state index in [0.29, 0.717) is 11.0 Å². The van der Waals surface area contributed by atoms with Gasteiger partial charge in [-0.05, 0) is 18.2 Å². The van der Waals surface area contributed by atoms with Gasteiger partial charge >= 0.3 is 0 Å². The third-order valence-electron chi connectivity index (χ3n) is 4.52. The molecule has 6 heteroatoms. The summed E-state index contributed by atoms with van der Waals surface area (Å²) in [4.78, 5) is 11.8. The number of benzene rings is 2. The lowest BCUT2D eigenvalue weighted by Crippen LogP contribution is -2.39. The summed E-state index contributed by atoms with van der Waals surface area (Å²) in [7, 11) is 0. The Hall–Kier alpha value is -2.21. The number of anilines is 1. The van der Waals surface area contributed by atoms with Gasteiger partial charge in [0.05, 0.1) is 24.4 Å². The largest absolute Gasteiger partial charge is 0.379 e. The average molecular weight is 369 g/mol. The lowest BCUT2D eigenvalue weighted by Gasteiger charge is -2.26. The fraction of sp³-hybridized carbons (Fsp3) is 0.300. The first-order valence-electron chi connectivity index (χ1n) is 8.86. The number of nitrogens with one attached hydrogen (secondary N) is 1. The summed E-state index contributed by atoms with van der Waals surface area (Å²) < 4.78 is 5.39. The van der Waals surface area contributed by atoms with Crippen molar-refractivity contribution in [1.29, 1.82) is 0 Å². The van der Waals surface area contributed by atoms with E-state index in [1.165, 1.54) is 0 Å². The van der Waals surface area contributed by atoms with Crippen molar-refractivity contribution < 1.29 is 4.74 Å². The van der Waals surface area contributed by atoms with Crippen molar-refractivity contribution in [3.8, 4) is 11.3 Å². The van der Waals surface area contributed by atoms with Gasteiger partial charge in [-0.2, -0.15) is 0 Å². The van der Waals surface area contributed by atoms with Crippen molar-refractivity contribution in [2.45, 2.75) is 0 Å². The molecule has 4 rings (SSSR count). The zero-order chi connectivity index (χ0) is 17.8. The van der Waals surface area contributed by atoms with E-state index in [1.807, 2.05) is 36.4 Å². The quantitative estimate of drug-likeness (QED) is 0.744. The van der Waals surface area contributed by atoms with Gasteiger partial charge in [-0.15, -0.1) is 0 Å². The Morgan fingerprint density at radius 2 is 1.85 bits per heavy atom. The van der Waals surface area contributed by atoms with Crippen molar-refractivity contribution in [2.24, 2.45) is 0 Å². The molecular weight excluding hydrogens is 348 g/mol. The molecule has 0 amide bonds. The van der Waals surface area contributed by atoms with Gasteiger partial charge < -0.3 is 10.1 Å². The maximum Gasteiger partial charge on any atom is 0.223 e. The van der Waals surface area contributed by atoms with Gasteiger partial charge in [-0.25, -0.2) is 9.97 Å². The van der Waals surface area contributed by atoms with Crippen LogP contribution in [0.1, 0.15) is 0 Å². The molecule has 2 aromatic carbocycles. The minimum absolute atomic E-state index is 0.645. The molecule has 2 heterocycles. The van der Waals surface area contributed by atoms with Gasteiger partial charge in [0, 0.05) is 42.2 Å². The van der Waals surface area contributed by atoms with Crippen molar-refractivity contribution in [3.05, 3.63) is 53.6 Å². The van der Waals surface area contributed by atoms with Gasteiger partial charge in [0.15, 0.2) is 0 Å². The van der Waals surface area contributed by atoms with Crippen LogP contribution in [0, 0.1) is 0 Å². The molecule has 26 heavy (non-hydrogen) atoms. The van der Waals surface area contributed by atoms with E-state index in [0.717, 1.165) is 61.6 Å². The van der Waals surface area contributed by atoms with Crippen LogP contribution in [0.5, 0.6) is 0 Å². The smallest absolute Gasteiger partial charge is 0.223 e. The molecule has 0 unspecified atom stereocenters. The standard InChI is InChI=1S/C20H21ClN4O/c21-16-6-7-18-17(14-16)19(15-4-2-1-3-5-15)24-20(23-18)22-8-9-25-10-12-26-13-11-25/h1-7,14H,8-13H2,(H,22,23,24). The van der Waals surface area contributed by atoms with Gasteiger partial charge in [-0.1, -0.05) is 41.9 Å². The number of morpholine rings is 1. The molecule has 134 valence electrons. The number of halogens is 1. The zero-order valence-corrected chi connectivity index (χ0v) is 15.2. The second kappa shape index (κ2) is 7.99.